The number of aromatic nitrogens is 1. The van der Waals surface area contributed by atoms with Gasteiger partial charge in [-0.15, -0.1) is 11.3 Å². The van der Waals surface area contributed by atoms with Crippen molar-refractivity contribution in [1.29, 1.82) is 0 Å². The summed E-state index contributed by atoms with van der Waals surface area (Å²) in [6.07, 6.45) is 2.73. The molecule has 1 aliphatic heterocycles. The van der Waals surface area contributed by atoms with Crippen LogP contribution in [0.2, 0.25) is 5.02 Å². The fourth-order valence-corrected chi connectivity index (χ4v) is 3.71. The predicted octanol–water partition coefficient (Wildman–Crippen LogP) is 3.20. The maximum absolute atomic E-state index is 12.5. The second kappa shape index (κ2) is 5.68. The Kier molecular flexibility index (Phi) is 3.92. The molecule has 20 heavy (non-hydrogen) atoms. The minimum atomic E-state index is 0.0475. The average Bonchev–Trinajstić information content (AvgIpc) is 3.05. The molecule has 1 atom stereocenters. The van der Waals surface area contributed by atoms with Gasteiger partial charge in [0, 0.05) is 25.9 Å². The van der Waals surface area contributed by atoms with Crippen LogP contribution in [0.25, 0.3) is 10.2 Å². The number of halogens is 1. The minimum absolute atomic E-state index is 0.0475. The van der Waals surface area contributed by atoms with Gasteiger partial charge in [-0.05, 0) is 25.5 Å². The van der Waals surface area contributed by atoms with E-state index in [2.05, 4.69) is 4.98 Å². The molecule has 0 aliphatic carbocycles. The third-order valence-electron chi connectivity index (χ3n) is 3.41. The lowest BCUT2D eigenvalue weighted by molar-refractivity contribution is 0.0600. The number of thiophene rings is 1. The largest absolute Gasteiger partial charge is 0.377 e. The monoisotopic (exact) mass is 310 g/mol. The van der Waals surface area contributed by atoms with Crippen molar-refractivity contribution in [3.8, 4) is 0 Å². The van der Waals surface area contributed by atoms with Crippen LogP contribution in [-0.2, 0) is 4.74 Å². The zero-order valence-corrected chi connectivity index (χ0v) is 12.7. The second-order valence-corrected chi connectivity index (χ2v) is 6.19. The van der Waals surface area contributed by atoms with Gasteiger partial charge in [0.15, 0.2) is 0 Å². The molecule has 3 heterocycles. The van der Waals surface area contributed by atoms with E-state index in [-0.39, 0.29) is 12.0 Å². The first-order valence-electron chi connectivity index (χ1n) is 6.64. The topological polar surface area (TPSA) is 42.4 Å². The molecule has 0 N–H and O–H groups in total. The highest BCUT2D eigenvalue weighted by atomic mass is 35.5. The molecule has 0 aromatic carbocycles. The van der Waals surface area contributed by atoms with E-state index >= 15 is 0 Å². The van der Waals surface area contributed by atoms with E-state index in [9.17, 15) is 4.79 Å². The molecule has 3 rings (SSSR count). The molecule has 1 aliphatic rings. The Morgan fingerprint density at radius 1 is 1.65 bits per heavy atom. The normalized spacial score (nSPS) is 18.9. The molecule has 0 bridgehead atoms. The molecular formula is C14H15ClN2O2S. The number of carbonyl (C=O) groups excluding carboxylic acids is 1. The second-order valence-electron chi connectivity index (χ2n) is 4.73. The number of fused-ring (bicyclic) bond motifs is 1. The molecule has 6 heteroatoms. The van der Waals surface area contributed by atoms with Gasteiger partial charge < -0.3 is 9.64 Å². The average molecular weight is 311 g/mol. The van der Waals surface area contributed by atoms with Crippen molar-refractivity contribution in [2.75, 3.05) is 19.7 Å². The van der Waals surface area contributed by atoms with Gasteiger partial charge in [0.05, 0.1) is 26.2 Å². The number of nitrogens with zero attached hydrogens (tertiary/aromatic N) is 2. The van der Waals surface area contributed by atoms with Crippen molar-refractivity contribution in [2.24, 2.45) is 0 Å². The Morgan fingerprint density at radius 3 is 3.25 bits per heavy atom. The Morgan fingerprint density at radius 2 is 2.50 bits per heavy atom. The number of hydrogen-bond donors (Lipinski definition) is 0. The Bertz CT molecular complexity index is 643. The van der Waals surface area contributed by atoms with Gasteiger partial charge >= 0.3 is 0 Å². The summed E-state index contributed by atoms with van der Waals surface area (Å²) < 4.78 is 6.45. The standard InChI is InChI=1S/C14H15ClN2O2S/c1-2-19-9-4-6-17(8-9)14(18)12-7-11-13(20-12)10(15)3-5-16-11/h3,5,7,9H,2,4,6,8H2,1H3. The number of hydrogen-bond acceptors (Lipinski definition) is 4. The lowest BCUT2D eigenvalue weighted by Crippen LogP contribution is -2.29. The highest BCUT2D eigenvalue weighted by Crippen LogP contribution is 2.31. The summed E-state index contributed by atoms with van der Waals surface area (Å²) in [4.78, 5) is 19.3. The van der Waals surface area contributed by atoms with Gasteiger partial charge in [-0.1, -0.05) is 11.6 Å². The number of amides is 1. The fourth-order valence-electron chi connectivity index (χ4n) is 2.45. The van der Waals surface area contributed by atoms with Crippen molar-refractivity contribution in [3.63, 3.8) is 0 Å². The Hall–Kier alpha value is -1.17. The zero-order chi connectivity index (χ0) is 14.1. The number of likely N-dealkylation sites (tertiary alicyclic amines) is 1. The van der Waals surface area contributed by atoms with Gasteiger partial charge in [0.1, 0.15) is 0 Å². The van der Waals surface area contributed by atoms with E-state index in [1.165, 1.54) is 11.3 Å². The molecule has 2 aromatic rings. The number of pyridine rings is 1. The van der Waals surface area contributed by atoms with Gasteiger partial charge in [-0.25, -0.2) is 0 Å². The molecule has 0 radical (unpaired) electrons. The first-order valence-corrected chi connectivity index (χ1v) is 7.83. The third-order valence-corrected chi connectivity index (χ3v) is 4.98. The van der Waals surface area contributed by atoms with Crippen LogP contribution in [0.3, 0.4) is 0 Å². The van der Waals surface area contributed by atoms with E-state index in [1.807, 2.05) is 17.9 Å². The summed E-state index contributed by atoms with van der Waals surface area (Å²) >= 11 is 7.53. The highest BCUT2D eigenvalue weighted by Gasteiger charge is 2.28. The predicted molar refractivity (Wildman–Crippen MR) is 80.6 cm³/mol. The highest BCUT2D eigenvalue weighted by molar-refractivity contribution is 7.21. The first-order chi connectivity index (χ1) is 9.69. The SMILES string of the molecule is CCOC1CCN(C(=O)c2cc3nccc(Cl)c3s2)C1. The van der Waals surface area contributed by atoms with Crippen LogP contribution in [0.4, 0.5) is 0 Å². The van der Waals surface area contributed by atoms with Crippen LogP contribution in [0.15, 0.2) is 18.3 Å². The Labute approximate surface area is 126 Å². The molecule has 1 saturated heterocycles. The van der Waals surface area contributed by atoms with Crippen LogP contribution in [0.1, 0.15) is 23.0 Å². The van der Waals surface area contributed by atoms with Crippen LogP contribution in [0, 0.1) is 0 Å². The summed E-state index contributed by atoms with van der Waals surface area (Å²) in [7, 11) is 0. The van der Waals surface area contributed by atoms with Crippen LogP contribution in [0.5, 0.6) is 0 Å². The number of ether oxygens (including phenoxy) is 1. The van der Waals surface area contributed by atoms with Gasteiger partial charge in [0.2, 0.25) is 0 Å². The van der Waals surface area contributed by atoms with Crippen molar-refractivity contribution in [3.05, 3.63) is 28.2 Å². The van der Waals surface area contributed by atoms with Crippen molar-refractivity contribution < 1.29 is 9.53 Å². The molecule has 106 valence electrons. The molecule has 0 saturated carbocycles. The van der Waals surface area contributed by atoms with Crippen LogP contribution >= 0.6 is 22.9 Å². The van der Waals surface area contributed by atoms with Gasteiger partial charge in [0.25, 0.3) is 5.91 Å². The summed E-state index contributed by atoms with van der Waals surface area (Å²) in [5.41, 5.74) is 0.784. The Balaban J connectivity index is 1.81. The quantitative estimate of drug-likeness (QED) is 0.874. The van der Waals surface area contributed by atoms with E-state index in [0.717, 1.165) is 23.2 Å². The molecule has 2 aromatic heterocycles. The summed E-state index contributed by atoms with van der Waals surface area (Å²) in [5, 5.41) is 0.646. The molecule has 4 nitrogen and oxygen atoms in total. The lowest BCUT2D eigenvalue weighted by atomic mass is 10.3. The van der Waals surface area contributed by atoms with Crippen LogP contribution < -0.4 is 0 Å². The number of carbonyl (C=O) groups is 1. The van der Waals surface area contributed by atoms with Crippen molar-refractivity contribution in [1.82, 2.24) is 9.88 Å². The molecular weight excluding hydrogens is 296 g/mol. The summed E-state index contributed by atoms with van der Waals surface area (Å²) in [6.45, 7) is 4.08. The molecule has 1 unspecified atom stereocenters. The lowest BCUT2D eigenvalue weighted by Gasteiger charge is -2.15. The summed E-state index contributed by atoms with van der Waals surface area (Å²) in [5.74, 6) is 0.0475. The maximum Gasteiger partial charge on any atom is 0.264 e. The minimum Gasteiger partial charge on any atom is -0.377 e. The van der Waals surface area contributed by atoms with E-state index in [0.29, 0.717) is 23.1 Å². The first kappa shape index (κ1) is 13.8. The van der Waals surface area contributed by atoms with Crippen LogP contribution in [-0.4, -0.2) is 41.6 Å². The third kappa shape index (κ3) is 2.53. The van der Waals surface area contributed by atoms with Gasteiger partial charge in [-0.3, -0.25) is 9.78 Å². The van der Waals surface area contributed by atoms with Gasteiger partial charge in [-0.2, -0.15) is 0 Å². The van der Waals surface area contributed by atoms with E-state index < -0.39 is 0 Å². The zero-order valence-electron chi connectivity index (χ0n) is 11.1. The van der Waals surface area contributed by atoms with Crippen molar-refractivity contribution in [2.45, 2.75) is 19.4 Å². The molecule has 0 spiro atoms. The number of rotatable bonds is 3. The van der Waals surface area contributed by atoms with E-state index in [1.54, 1.807) is 12.3 Å². The summed E-state index contributed by atoms with van der Waals surface area (Å²) in [6, 6.07) is 3.57. The fraction of sp³-hybridized carbons (Fsp3) is 0.429. The van der Waals surface area contributed by atoms with E-state index in [4.69, 9.17) is 16.3 Å². The maximum atomic E-state index is 12.5. The molecule has 1 fully saturated rings. The van der Waals surface area contributed by atoms with Crippen molar-refractivity contribution >= 4 is 39.1 Å². The smallest absolute Gasteiger partial charge is 0.264 e. The molecule has 1 amide bonds.